The smallest absolute Gasteiger partial charge is 0.322 e. The number of aliphatic carboxylic acids is 1. The molecule has 1 amide bonds. The fraction of sp³-hybridized carbons (Fsp3) is 0.103. The lowest BCUT2D eigenvalue weighted by molar-refractivity contribution is -0.135. The lowest BCUT2D eigenvalue weighted by Crippen LogP contribution is -2.37. The first kappa shape index (κ1) is 25.8. The third kappa shape index (κ3) is 5.14. The first-order valence-corrected chi connectivity index (χ1v) is 13.5. The van der Waals surface area contributed by atoms with Crippen LogP contribution in [0.5, 0.6) is 5.75 Å². The molecule has 0 aliphatic heterocycles. The summed E-state index contributed by atoms with van der Waals surface area (Å²) in [7, 11) is -2.74. The molecule has 0 spiro atoms. The molecule has 10 heteroatoms. The summed E-state index contributed by atoms with van der Waals surface area (Å²) in [4.78, 5) is 25.0. The summed E-state index contributed by atoms with van der Waals surface area (Å²) in [6.45, 7) is -0.284. The average molecular weight is 544 g/mol. The molecule has 0 aliphatic carbocycles. The summed E-state index contributed by atoms with van der Waals surface area (Å²) in [6.07, 6.45) is 1.67. The second-order valence-electron chi connectivity index (χ2n) is 8.83. The SMILES string of the molecule is COc1cccc(C(C(=O)NS(=O)(=O)c2cccc3ccccc23)n2ccc3c(NCC(=O)O)cccc32)c1. The van der Waals surface area contributed by atoms with Crippen LogP contribution < -0.4 is 14.8 Å². The second kappa shape index (κ2) is 10.5. The van der Waals surface area contributed by atoms with Gasteiger partial charge in [-0.2, -0.15) is 0 Å². The van der Waals surface area contributed by atoms with Crippen molar-refractivity contribution in [2.24, 2.45) is 0 Å². The van der Waals surface area contributed by atoms with Crippen LogP contribution in [0.4, 0.5) is 5.69 Å². The van der Waals surface area contributed by atoms with Gasteiger partial charge in [-0.3, -0.25) is 9.59 Å². The largest absolute Gasteiger partial charge is 0.497 e. The highest BCUT2D eigenvalue weighted by Gasteiger charge is 2.29. The fourth-order valence-electron chi connectivity index (χ4n) is 4.66. The Labute approximate surface area is 224 Å². The normalized spacial score (nSPS) is 12.2. The number of carbonyl (C=O) groups is 2. The number of amides is 1. The van der Waals surface area contributed by atoms with Gasteiger partial charge in [0.2, 0.25) is 0 Å². The number of sulfonamides is 1. The highest BCUT2D eigenvalue weighted by Crippen LogP contribution is 2.32. The number of fused-ring (bicyclic) bond motifs is 2. The monoisotopic (exact) mass is 543 g/mol. The van der Waals surface area contributed by atoms with Crippen LogP contribution in [0.2, 0.25) is 0 Å². The van der Waals surface area contributed by atoms with Crippen molar-refractivity contribution in [3.63, 3.8) is 0 Å². The van der Waals surface area contributed by atoms with Crippen molar-refractivity contribution in [1.29, 1.82) is 0 Å². The van der Waals surface area contributed by atoms with E-state index in [4.69, 9.17) is 9.84 Å². The number of ether oxygens (including phenoxy) is 1. The standard InChI is InChI=1S/C29H25N3O6S/c1-38-21-10-4-9-20(17-21)28(32-16-15-23-24(30-18-27(33)34)12-6-13-25(23)32)29(35)31-39(36,37)26-14-5-8-19-7-2-3-11-22(19)26/h2-17,28,30H,18H2,1H3,(H,31,35)(H,33,34). The number of aromatic nitrogens is 1. The van der Waals surface area contributed by atoms with Crippen LogP contribution >= 0.6 is 0 Å². The van der Waals surface area contributed by atoms with E-state index < -0.39 is 27.9 Å². The predicted molar refractivity (Wildman–Crippen MR) is 148 cm³/mol. The maximum atomic E-state index is 13.9. The van der Waals surface area contributed by atoms with E-state index in [2.05, 4.69) is 10.0 Å². The van der Waals surface area contributed by atoms with E-state index in [0.29, 0.717) is 33.3 Å². The number of nitrogens with zero attached hydrogens (tertiary/aromatic N) is 1. The Bertz CT molecular complexity index is 1810. The number of nitrogens with one attached hydrogen (secondary N) is 2. The molecule has 0 radical (unpaired) electrons. The molecular weight excluding hydrogens is 518 g/mol. The van der Waals surface area contributed by atoms with Crippen molar-refractivity contribution >= 4 is 49.3 Å². The summed E-state index contributed by atoms with van der Waals surface area (Å²) in [5.74, 6) is -1.28. The molecule has 1 aromatic heterocycles. The molecular formula is C29H25N3O6S. The van der Waals surface area contributed by atoms with Crippen LogP contribution in [-0.2, 0) is 19.6 Å². The molecule has 1 heterocycles. The zero-order valence-electron chi connectivity index (χ0n) is 20.9. The third-order valence-corrected chi connectivity index (χ3v) is 7.81. The van der Waals surface area contributed by atoms with Gasteiger partial charge in [0.25, 0.3) is 15.9 Å². The molecule has 0 saturated heterocycles. The van der Waals surface area contributed by atoms with Gasteiger partial charge in [-0.05, 0) is 47.3 Å². The van der Waals surface area contributed by atoms with Gasteiger partial charge in [0.05, 0.1) is 17.5 Å². The van der Waals surface area contributed by atoms with E-state index in [1.54, 1.807) is 89.6 Å². The van der Waals surface area contributed by atoms with Crippen molar-refractivity contribution < 1.29 is 27.9 Å². The Morgan fingerprint density at radius 2 is 1.67 bits per heavy atom. The van der Waals surface area contributed by atoms with Crippen LogP contribution in [-0.4, -0.2) is 43.6 Å². The van der Waals surface area contributed by atoms with Crippen LogP contribution in [0.1, 0.15) is 11.6 Å². The van der Waals surface area contributed by atoms with Crippen LogP contribution in [0.15, 0.2) is 102 Å². The van der Waals surface area contributed by atoms with Crippen molar-refractivity contribution in [3.05, 3.63) is 103 Å². The minimum absolute atomic E-state index is 0.00383. The van der Waals surface area contributed by atoms with Gasteiger partial charge < -0.3 is 19.7 Å². The molecule has 1 atom stereocenters. The average Bonchev–Trinajstić information content (AvgIpc) is 3.35. The minimum Gasteiger partial charge on any atom is -0.497 e. The number of carbonyl (C=O) groups excluding carboxylic acids is 1. The Morgan fingerprint density at radius 3 is 2.46 bits per heavy atom. The number of rotatable bonds is 9. The number of methoxy groups -OCH3 is 1. The topological polar surface area (TPSA) is 127 Å². The van der Waals surface area contributed by atoms with E-state index in [1.807, 2.05) is 6.07 Å². The maximum absolute atomic E-state index is 13.9. The van der Waals surface area contributed by atoms with Crippen LogP contribution in [0.25, 0.3) is 21.7 Å². The Morgan fingerprint density at radius 1 is 0.923 bits per heavy atom. The molecule has 0 aliphatic rings. The highest BCUT2D eigenvalue weighted by atomic mass is 32.2. The van der Waals surface area contributed by atoms with E-state index in [0.717, 1.165) is 5.39 Å². The van der Waals surface area contributed by atoms with Crippen molar-refractivity contribution in [1.82, 2.24) is 9.29 Å². The lowest BCUT2D eigenvalue weighted by atomic mass is 10.1. The van der Waals surface area contributed by atoms with Gasteiger partial charge >= 0.3 is 5.97 Å². The van der Waals surface area contributed by atoms with E-state index in [-0.39, 0.29) is 11.4 Å². The first-order chi connectivity index (χ1) is 18.8. The van der Waals surface area contributed by atoms with E-state index in [9.17, 15) is 18.0 Å². The van der Waals surface area contributed by atoms with Crippen LogP contribution in [0, 0.1) is 0 Å². The molecule has 4 aromatic carbocycles. The zero-order chi connectivity index (χ0) is 27.6. The quantitative estimate of drug-likeness (QED) is 0.252. The molecule has 198 valence electrons. The molecule has 5 rings (SSSR count). The summed E-state index contributed by atoms with van der Waals surface area (Å²) >= 11 is 0. The number of carboxylic acids is 1. The summed E-state index contributed by atoms with van der Waals surface area (Å²) in [5, 5.41) is 13.9. The molecule has 0 fully saturated rings. The lowest BCUT2D eigenvalue weighted by Gasteiger charge is -2.21. The number of anilines is 1. The van der Waals surface area contributed by atoms with Crippen molar-refractivity contribution in [2.75, 3.05) is 19.0 Å². The minimum atomic E-state index is -4.25. The maximum Gasteiger partial charge on any atom is 0.322 e. The highest BCUT2D eigenvalue weighted by molar-refractivity contribution is 7.90. The van der Waals surface area contributed by atoms with Gasteiger partial charge in [-0.25, -0.2) is 13.1 Å². The predicted octanol–water partition coefficient (Wildman–Crippen LogP) is 4.39. The molecule has 5 aromatic rings. The van der Waals surface area contributed by atoms with Gasteiger partial charge in [0.15, 0.2) is 0 Å². The molecule has 3 N–H and O–H groups in total. The number of hydrogen-bond donors (Lipinski definition) is 3. The van der Waals surface area contributed by atoms with Crippen molar-refractivity contribution in [3.8, 4) is 5.75 Å². The van der Waals surface area contributed by atoms with Crippen LogP contribution in [0.3, 0.4) is 0 Å². The summed E-state index contributed by atoms with van der Waals surface area (Å²) in [6, 6.07) is 24.7. The molecule has 1 unspecified atom stereocenters. The Kier molecular flexibility index (Phi) is 6.95. The fourth-order valence-corrected chi connectivity index (χ4v) is 5.88. The molecule has 0 bridgehead atoms. The number of hydrogen-bond acceptors (Lipinski definition) is 6. The van der Waals surface area contributed by atoms with Gasteiger partial charge in [-0.1, -0.05) is 54.6 Å². The zero-order valence-corrected chi connectivity index (χ0v) is 21.7. The van der Waals surface area contributed by atoms with E-state index >= 15 is 0 Å². The Hall–Kier alpha value is -4.83. The van der Waals surface area contributed by atoms with Gasteiger partial charge in [-0.15, -0.1) is 0 Å². The van der Waals surface area contributed by atoms with Gasteiger partial charge in [0, 0.05) is 22.7 Å². The second-order valence-corrected chi connectivity index (χ2v) is 10.5. The van der Waals surface area contributed by atoms with Gasteiger partial charge in [0.1, 0.15) is 18.3 Å². The molecule has 39 heavy (non-hydrogen) atoms. The first-order valence-electron chi connectivity index (χ1n) is 12.0. The third-order valence-electron chi connectivity index (χ3n) is 6.40. The van der Waals surface area contributed by atoms with E-state index in [1.165, 1.54) is 13.2 Å². The number of carboxylic acid groups (broad SMARTS) is 1. The summed E-state index contributed by atoms with van der Waals surface area (Å²) < 4.78 is 36.3. The Balaban J connectivity index is 1.60. The number of benzene rings is 4. The summed E-state index contributed by atoms with van der Waals surface area (Å²) in [5.41, 5.74) is 1.68. The molecule has 0 saturated carbocycles. The van der Waals surface area contributed by atoms with Crippen molar-refractivity contribution in [2.45, 2.75) is 10.9 Å². The molecule has 9 nitrogen and oxygen atoms in total.